The second-order valence-electron chi connectivity index (χ2n) is 10.6. The van der Waals surface area contributed by atoms with Crippen LogP contribution >= 0.6 is 0 Å². The van der Waals surface area contributed by atoms with Crippen LogP contribution in [0.5, 0.6) is 0 Å². The van der Waals surface area contributed by atoms with Crippen LogP contribution < -0.4 is 16.4 Å². The van der Waals surface area contributed by atoms with Crippen LogP contribution in [0.2, 0.25) is 0 Å². The molecule has 0 saturated heterocycles. The number of carbonyl (C=O) groups excluding carboxylic acids is 1. The Morgan fingerprint density at radius 1 is 0.952 bits per heavy atom. The SMILES string of the molecule is NCc1cccc(-n2nc(C(F)(F)F)cc2C(=O)Nc2cccc(C(NCC3CC3)c3cccc4ccccc34)c2)c1. The van der Waals surface area contributed by atoms with Gasteiger partial charge in [-0.25, -0.2) is 4.68 Å². The molecular weight excluding hydrogens is 539 g/mol. The standard InChI is InChI=1S/C33H30F3N5O/c34-33(35,36)30-18-29(41(40-30)26-11-3-6-22(16-26)19-37)32(42)39-25-10-4-9-24(17-25)31(38-20-21-14-15-21)28-13-5-8-23-7-1-2-12-27(23)28/h1-13,16-18,21,31,38H,14-15,19-20,37H2,(H,39,42). The average Bonchev–Trinajstić information content (AvgIpc) is 3.70. The number of hydrogen-bond donors (Lipinski definition) is 3. The number of anilines is 1. The zero-order valence-electron chi connectivity index (χ0n) is 22.7. The average molecular weight is 570 g/mol. The first-order valence-electron chi connectivity index (χ1n) is 13.9. The molecule has 1 fully saturated rings. The molecule has 4 N–H and O–H groups in total. The number of alkyl halides is 3. The number of nitrogens with two attached hydrogens (primary N) is 1. The number of rotatable bonds is 9. The van der Waals surface area contributed by atoms with Gasteiger partial charge in [0.2, 0.25) is 0 Å². The van der Waals surface area contributed by atoms with E-state index in [4.69, 9.17) is 5.73 Å². The van der Waals surface area contributed by atoms with Crippen molar-refractivity contribution < 1.29 is 18.0 Å². The number of benzene rings is 4. The van der Waals surface area contributed by atoms with Gasteiger partial charge in [0.15, 0.2) is 5.69 Å². The van der Waals surface area contributed by atoms with Gasteiger partial charge in [-0.3, -0.25) is 4.79 Å². The lowest BCUT2D eigenvalue weighted by Gasteiger charge is -2.22. The second kappa shape index (κ2) is 11.4. The van der Waals surface area contributed by atoms with Gasteiger partial charge in [-0.15, -0.1) is 0 Å². The van der Waals surface area contributed by atoms with E-state index in [9.17, 15) is 18.0 Å². The predicted molar refractivity (Wildman–Crippen MR) is 157 cm³/mol. The van der Waals surface area contributed by atoms with Crippen molar-refractivity contribution in [1.29, 1.82) is 0 Å². The molecule has 1 heterocycles. The molecule has 42 heavy (non-hydrogen) atoms. The molecule has 0 aliphatic heterocycles. The Balaban J connectivity index is 1.34. The summed E-state index contributed by atoms with van der Waals surface area (Å²) in [4.78, 5) is 13.5. The Morgan fingerprint density at radius 2 is 1.71 bits per heavy atom. The van der Waals surface area contributed by atoms with Gasteiger partial charge in [0.25, 0.3) is 5.91 Å². The van der Waals surface area contributed by atoms with Crippen molar-refractivity contribution in [1.82, 2.24) is 15.1 Å². The van der Waals surface area contributed by atoms with Crippen molar-refractivity contribution in [3.63, 3.8) is 0 Å². The van der Waals surface area contributed by atoms with E-state index in [2.05, 4.69) is 40.0 Å². The van der Waals surface area contributed by atoms with E-state index in [1.165, 1.54) is 12.8 Å². The van der Waals surface area contributed by atoms with Crippen LogP contribution in [0.25, 0.3) is 16.5 Å². The summed E-state index contributed by atoms with van der Waals surface area (Å²) in [5, 5.41) is 12.5. The van der Waals surface area contributed by atoms with Crippen LogP contribution in [0.3, 0.4) is 0 Å². The maximum absolute atomic E-state index is 13.6. The highest BCUT2D eigenvalue weighted by atomic mass is 19.4. The highest BCUT2D eigenvalue weighted by Crippen LogP contribution is 2.34. The molecular formula is C33H30F3N5O. The Bertz CT molecular complexity index is 1740. The fraction of sp³-hybridized carbons (Fsp3) is 0.212. The van der Waals surface area contributed by atoms with Crippen LogP contribution in [-0.4, -0.2) is 22.2 Å². The summed E-state index contributed by atoms with van der Waals surface area (Å²) in [6, 6.07) is 29.1. The quantitative estimate of drug-likeness (QED) is 0.181. The molecule has 1 amide bonds. The third-order valence-corrected chi connectivity index (χ3v) is 7.54. The highest BCUT2D eigenvalue weighted by Gasteiger charge is 2.36. The van der Waals surface area contributed by atoms with E-state index < -0.39 is 17.8 Å². The lowest BCUT2D eigenvalue weighted by atomic mass is 9.93. The molecule has 6 nitrogen and oxygen atoms in total. The normalized spacial score (nSPS) is 14.2. The lowest BCUT2D eigenvalue weighted by Crippen LogP contribution is -2.25. The molecule has 4 aromatic carbocycles. The summed E-state index contributed by atoms with van der Waals surface area (Å²) in [6.45, 7) is 1.06. The van der Waals surface area contributed by atoms with Gasteiger partial charge in [-0.05, 0) is 77.0 Å². The van der Waals surface area contributed by atoms with Crippen molar-refractivity contribution in [3.8, 4) is 5.69 Å². The van der Waals surface area contributed by atoms with E-state index in [1.54, 1.807) is 30.3 Å². The smallest absolute Gasteiger partial charge is 0.326 e. The van der Waals surface area contributed by atoms with E-state index >= 15 is 0 Å². The third kappa shape index (κ3) is 5.93. The molecule has 1 aliphatic carbocycles. The van der Waals surface area contributed by atoms with E-state index in [0.29, 0.717) is 22.9 Å². The number of halogens is 3. The van der Waals surface area contributed by atoms with Crippen LogP contribution in [-0.2, 0) is 12.7 Å². The van der Waals surface area contributed by atoms with Gasteiger partial charge in [0.1, 0.15) is 5.69 Å². The number of hydrogen-bond acceptors (Lipinski definition) is 4. The van der Waals surface area contributed by atoms with Crippen molar-refractivity contribution in [3.05, 3.63) is 125 Å². The topological polar surface area (TPSA) is 85.0 Å². The minimum absolute atomic E-state index is 0.144. The Hall–Kier alpha value is -4.47. The van der Waals surface area contributed by atoms with Crippen molar-refractivity contribution in [2.45, 2.75) is 31.6 Å². The first-order valence-corrected chi connectivity index (χ1v) is 13.9. The van der Waals surface area contributed by atoms with Crippen LogP contribution in [0.15, 0.2) is 97.1 Å². The largest absolute Gasteiger partial charge is 0.435 e. The van der Waals surface area contributed by atoms with Gasteiger partial charge in [0.05, 0.1) is 11.7 Å². The molecule has 1 atom stereocenters. The number of carbonyl (C=O) groups is 1. The lowest BCUT2D eigenvalue weighted by molar-refractivity contribution is -0.141. The number of amides is 1. The van der Waals surface area contributed by atoms with Crippen LogP contribution in [0, 0.1) is 5.92 Å². The second-order valence-corrected chi connectivity index (χ2v) is 10.6. The molecule has 6 rings (SSSR count). The van der Waals surface area contributed by atoms with Crippen LogP contribution in [0.1, 0.15) is 51.8 Å². The van der Waals surface area contributed by atoms with Gasteiger partial charge in [-0.1, -0.05) is 66.7 Å². The summed E-state index contributed by atoms with van der Waals surface area (Å²) in [5.74, 6) is -0.0628. The fourth-order valence-electron chi connectivity index (χ4n) is 5.20. The molecule has 5 aromatic rings. The molecule has 1 unspecified atom stereocenters. The zero-order valence-corrected chi connectivity index (χ0v) is 22.7. The minimum Gasteiger partial charge on any atom is -0.326 e. The predicted octanol–water partition coefficient (Wildman–Crippen LogP) is 6.84. The first kappa shape index (κ1) is 27.7. The Morgan fingerprint density at radius 3 is 2.50 bits per heavy atom. The summed E-state index contributed by atoms with van der Waals surface area (Å²) < 4.78 is 41.9. The van der Waals surface area contributed by atoms with Crippen molar-refractivity contribution in [2.75, 3.05) is 11.9 Å². The Kier molecular flexibility index (Phi) is 7.53. The van der Waals surface area contributed by atoms with E-state index in [0.717, 1.165) is 39.2 Å². The van der Waals surface area contributed by atoms with E-state index in [1.807, 2.05) is 36.4 Å². The summed E-state index contributed by atoms with van der Waals surface area (Å²) in [6.07, 6.45) is -2.31. The van der Waals surface area contributed by atoms with E-state index in [-0.39, 0.29) is 18.3 Å². The van der Waals surface area contributed by atoms with Gasteiger partial charge >= 0.3 is 6.18 Å². The first-order chi connectivity index (χ1) is 20.3. The molecule has 0 bridgehead atoms. The number of nitrogens with zero attached hydrogens (tertiary/aromatic N) is 2. The molecule has 214 valence electrons. The summed E-state index contributed by atoms with van der Waals surface area (Å²) in [5.41, 5.74) is 7.87. The summed E-state index contributed by atoms with van der Waals surface area (Å²) >= 11 is 0. The molecule has 0 radical (unpaired) electrons. The molecule has 1 aromatic heterocycles. The maximum Gasteiger partial charge on any atom is 0.435 e. The monoisotopic (exact) mass is 569 g/mol. The van der Waals surface area contributed by atoms with Crippen molar-refractivity contribution >= 4 is 22.4 Å². The van der Waals surface area contributed by atoms with Gasteiger partial charge in [0, 0.05) is 18.3 Å². The van der Waals surface area contributed by atoms with Crippen molar-refractivity contribution in [2.24, 2.45) is 11.7 Å². The van der Waals surface area contributed by atoms with Gasteiger partial charge < -0.3 is 16.4 Å². The highest BCUT2D eigenvalue weighted by molar-refractivity contribution is 6.03. The zero-order chi connectivity index (χ0) is 29.3. The van der Waals surface area contributed by atoms with Gasteiger partial charge in [-0.2, -0.15) is 18.3 Å². The fourth-order valence-corrected chi connectivity index (χ4v) is 5.20. The number of nitrogens with one attached hydrogen (secondary N) is 2. The number of fused-ring (bicyclic) bond motifs is 1. The minimum atomic E-state index is -4.72. The molecule has 0 spiro atoms. The maximum atomic E-state index is 13.6. The molecule has 9 heteroatoms. The molecule has 1 aliphatic rings. The molecule has 1 saturated carbocycles. The Labute approximate surface area is 241 Å². The third-order valence-electron chi connectivity index (χ3n) is 7.54. The summed E-state index contributed by atoms with van der Waals surface area (Å²) in [7, 11) is 0. The van der Waals surface area contributed by atoms with Crippen LogP contribution in [0.4, 0.5) is 18.9 Å². The number of aromatic nitrogens is 2.